The summed E-state index contributed by atoms with van der Waals surface area (Å²) in [6.45, 7) is 0.576. The fourth-order valence-electron chi connectivity index (χ4n) is 1.21. The standard InChI is InChI=1S/C11H11Cl2N3S/c1-17-11(16-7-14)15-5-4-8-2-3-9(12)6-10(8)13/h2-3,6H,4-5H2,1H3,(H,15,16). The molecule has 0 unspecified atom stereocenters. The van der Waals surface area contributed by atoms with Crippen molar-refractivity contribution in [3.05, 3.63) is 33.8 Å². The number of nitrogens with zero attached hydrogens (tertiary/aromatic N) is 2. The molecule has 3 nitrogen and oxygen atoms in total. The first-order chi connectivity index (χ1) is 8.17. The van der Waals surface area contributed by atoms with E-state index in [1.54, 1.807) is 12.1 Å². The molecule has 0 saturated carbocycles. The number of thioether (sulfide) groups is 1. The van der Waals surface area contributed by atoms with Crippen LogP contribution in [0, 0.1) is 11.5 Å². The van der Waals surface area contributed by atoms with E-state index in [0.29, 0.717) is 28.2 Å². The van der Waals surface area contributed by atoms with Crippen molar-refractivity contribution in [3.63, 3.8) is 0 Å². The molecular weight excluding hydrogens is 277 g/mol. The number of benzene rings is 1. The molecule has 0 aliphatic rings. The maximum atomic E-state index is 8.47. The minimum absolute atomic E-state index is 0.576. The van der Waals surface area contributed by atoms with Gasteiger partial charge in [0, 0.05) is 16.6 Å². The van der Waals surface area contributed by atoms with Gasteiger partial charge in [0.05, 0.1) is 0 Å². The zero-order chi connectivity index (χ0) is 12.7. The number of nitriles is 1. The lowest BCUT2D eigenvalue weighted by atomic mass is 10.1. The smallest absolute Gasteiger partial charge is 0.183 e. The Bertz CT molecular complexity index is 455. The van der Waals surface area contributed by atoms with Gasteiger partial charge in [-0.1, -0.05) is 41.0 Å². The summed E-state index contributed by atoms with van der Waals surface area (Å²) in [6, 6.07) is 5.40. The van der Waals surface area contributed by atoms with Gasteiger partial charge in [-0.3, -0.25) is 10.3 Å². The predicted molar refractivity (Wildman–Crippen MR) is 74.7 cm³/mol. The molecule has 0 spiro atoms. The van der Waals surface area contributed by atoms with Gasteiger partial charge in [0.25, 0.3) is 0 Å². The number of halogens is 2. The van der Waals surface area contributed by atoms with E-state index in [-0.39, 0.29) is 0 Å². The minimum atomic E-state index is 0.576. The third-order valence-corrected chi connectivity index (χ3v) is 3.21. The summed E-state index contributed by atoms with van der Waals surface area (Å²) in [5.41, 5.74) is 0.997. The van der Waals surface area contributed by atoms with Gasteiger partial charge in [0.1, 0.15) is 0 Å². The van der Waals surface area contributed by atoms with E-state index in [4.69, 9.17) is 28.5 Å². The van der Waals surface area contributed by atoms with Crippen LogP contribution in [0.15, 0.2) is 23.2 Å². The molecule has 0 bridgehead atoms. The van der Waals surface area contributed by atoms with Crippen molar-refractivity contribution in [2.24, 2.45) is 4.99 Å². The van der Waals surface area contributed by atoms with Gasteiger partial charge in [0.15, 0.2) is 11.4 Å². The lowest BCUT2D eigenvalue weighted by molar-refractivity contribution is 0.964. The Labute approximate surface area is 115 Å². The summed E-state index contributed by atoms with van der Waals surface area (Å²) < 4.78 is 0. The van der Waals surface area contributed by atoms with E-state index >= 15 is 0 Å². The lowest BCUT2D eigenvalue weighted by Crippen LogP contribution is -2.14. The Hall–Kier alpha value is -0.890. The Morgan fingerprint density at radius 1 is 1.53 bits per heavy atom. The zero-order valence-electron chi connectivity index (χ0n) is 9.20. The average molecular weight is 288 g/mol. The summed E-state index contributed by atoms with van der Waals surface area (Å²) in [5, 5.41) is 12.9. The van der Waals surface area contributed by atoms with Gasteiger partial charge < -0.3 is 0 Å². The van der Waals surface area contributed by atoms with Crippen LogP contribution in [0.3, 0.4) is 0 Å². The Morgan fingerprint density at radius 3 is 2.88 bits per heavy atom. The largest absolute Gasteiger partial charge is 0.272 e. The highest BCUT2D eigenvalue weighted by Gasteiger charge is 2.01. The van der Waals surface area contributed by atoms with Gasteiger partial charge in [-0.15, -0.1) is 0 Å². The maximum Gasteiger partial charge on any atom is 0.183 e. The van der Waals surface area contributed by atoms with Crippen LogP contribution in [-0.4, -0.2) is 18.0 Å². The van der Waals surface area contributed by atoms with Gasteiger partial charge in [-0.25, -0.2) is 0 Å². The van der Waals surface area contributed by atoms with Gasteiger partial charge >= 0.3 is 0 Å². The molecule has 0 aliphatic carbocycles. The Kier molecular flexibility index (Phi) is 6.20. The number of aliphatic imine (C=N–C) groups is 1. The number of hydrogen-bond donors (Lipinski definition) is 1. The van der Waals surface area contributed by atoms with Crippen LogP contribution in [0.4, 0.5) is 0 Å². The summed E-state index contributed by atoms with van der Waals surface area (Å²) in [4.78, 5) is 4.25. The molecule has 0 radical (unpaired) electrons. The Balaban J connectivity index is 2.59. The highest BCUT2D eigenvalue weighted by atomic mass is 35.5. The van der Waals surface area contributed by atoms with E-state index in [1.165, 1.54) is 11.8 Å². The predicted octanol–water partition coefficient (Wildman–Crippen LogP) is 3.33. The van der Waals surface area contributed by atoms with Crippen molar-refractivity contribution in [3.8, 4) is 6.19 Å². The first-order valence-electron chi connectivity index (χ1n) is 4.85. The maximum absolute atomic E-state index is 8.47. The van der Waals surface area contributed by atoms with Crippen LogP contribution in [0.1, 0.15) is 5.56 Å². The molecule has 0 aliphatic heterocycles. The highest BCUT2D eigenvalue weighted by Crippen LogP contribution is 2.21. The van der Waals surface area contributed by atoms with Gasteiger partial charge in [0.2, 0.25) is 0 Å². The molecule has 1 rings (SSSR count). The molecule has 0 amide bonds. The quantitative estimate of drug-likeness (QED) is 0.402. The zero-order valence-corrected chi connectivity index (χ0v) is 11.5. The summed E-state index contributed by atoms with van der Waals surface area (Å²) in [6.07, 6.45) is 4.42. The van der Waals surface area contributed by atoms with Crippen LogP contribution in [0.25, 0.3) is 0 Å². The van der Waals surface area contributed by atoms with Crippen LogP contribution in [-0.2, 0) is 6.42 Å². The normalized spacial score (nSPS) is 11.1. The number of hydrogen-bond acceptors (Lipinski definition) is 3. The first kappa shape index (κ1) is 14.2. The van der Waals surface area contributed by atoms with Crippen LogP contribution in [0.5, 0.6) is 0 Å². The van der Waals surface area contributed by atoms with Crippen molar-refractivity contribution < 1.29 is 0 Å². The third kappa shape index (κ3) is 4.86. The molecule has 17 heavy (non-hydrogen) atoms. The molecule has 0 aromatic heterocycles. The third-order valence-electron chi connectivity index (χ3n) is 2.01. The molecular formula is C11H11Cl2N3S. The van der Waals surface area contributed by atoms with Crippen molar-refractivity contribution in [1.29, 1.82) is 5.26 Å². The Morgan fingerprint density at radius 2 is 2.29 bits per heavy atom. The second kappa shape index (κ2) is 7.44. The molecule has 1 aromatic rings. The molecule has 1 aromatic carbocycles. The van der Waals surface area contributed by atoms with Crippen LogP contribution >= 0.6 is 35.0 Å². The topological polar surface area (TPSA) is 48.2 Å². The van der Waals surface area contributed by atoms with Gasteiger partial charge in [-0.05, 0) is 30.4 Å². The molecule has 0 atom stereocenters. The van der Waals surface area contributed by atoms with E-state index < -0.39 is 0 Å². The number of rotatable bonds is 3. The monoisotopic (exact) mass is 287 g/mol. The van der Waals surface area contributed by atoms with E-state index in [1.807, 2.05) is 18.5 Å². The average Bonchev–Trinajstić information content (AvgIpc) is 2.30. The van der Waals surface area contributed by atoms with Gasteiger partial charge in [-0.2, -0.15) is 5.26 Å². The molecule has 90 valence electrons. The summed E-state index contributed by atoms with van der Waals surface area (Å²) in [5.74, 6) is 0. The molecule has 6 heteroatoms. The fourth-order valence-corrected chi connectivity index (χ4v) is 2.08. The van der Waals surface area contributed by atoms with Crippen LogP contribution in [0.2, 0.25) is 10.0 Å². The summed E-state index contributed by atoms with van der Waals surface area (Å²) in [7, 11) is 0. The second-order valence-corrected chi connectivity index (χ2v) is 4.75. The minimum Gasteiger partial charge on any atom is -0.272 e. The van der Waals surface area contributed by atoms with Crippen LogP contribution < -0.4 is 5.32 Å². The van der Waals surface area contributed by atoms with E-state index in [0.717, 1.165) is 5.56 Å². The molecule has 0 fully saturated rings. The number of nitrogens with one attached hydrogen (secondary N) is 1. The first-order valence-corrected chi connectivity index (χ1v) is 6.83. The van der Waals surface area contributed by atoms with E-state index in [2.05, 4.69) is 10.3 Å². The van der Waals surface area contributed by atoms with E-state index in [9.17, 15) is 0 Å². The fraction of sp³-hybridized carbons (Fsp3) is 0.273. The second-order valence-electron chi connectivity index (χ2n) is 3.11. The molecule has 1 N–H and O–H groups in total. The molecule has 0 saturated heterocycles. The van der Waals surface area contributed by atoms with Crippen molar-refractivity contribution in [2.75, 3.05) is 12.8 Å². The van der Waals surface area contributed by atoms with Crippen molar-refractivity contribution >= 4 is 40.1 Å². The SMILES string of the molecule is CSC(=NCCc1ccc(Cl)cc1Cl)NC#N. The number of amidine groups is 1. The highest BCUT2D eigenvalue weighted by molar-refractivity contribution is 8.13. The van der Waals surface area contributed by atoms with Crippen molar-refractivity contribution in [2.45, 2.75) is 6.42 Å². The summed E-state index contributed by atoms with van der Waals surface area (Å²) >= 11 is 13.2. The van der Waals surface area contributed by atoms with Crippen molar-refractivity contribution in [1.82, 2.24) is 5.32 Å². The lowest BCUT2D eigenvalue weighted by Gasteiger charge is -2.03. The molecule has 0 heterocycles.